The van der Waals surface area contributed by atoms with Gasteiger partial charge in [-0.05, 0) is 0 Å². The molecule has 3 saturated heterocycles. The van der Waals surface area contributed by atoms with Gasteiger partial charge in [-0.15, -0.1) is 0 Å². The zero-order chi connectivity index (χ0) is 21.2. The number of anilines is 3. The van der Waals surface area contributed by atoms with E-state index >= 15 is 0 Å². The van der Waals surface area contributed by atoms with Gasteiger partial charge in [0.05, 0.1) is 26.3 Å². The zero-order valence-corrected chi connectivity index (χ0v) is 18.2. The lowest BCUT2D eigenvalue weighted by Gasteiger charge is -2.34. The molecule has 0 spiro atoms. The van der Waals surface area contributed by atoms with E-state index < -0.39 is 11.2 Å². The van der Waals surface area contributed by atoms with Crippen LogP contribution in [0.4, 0.5) is 17.6 Å². The number of ether oxygens (including phenoxy) is 1. The van der Waals surface area contributed by atoms with E-state index in [4.69, 9.17) is 14.7 Å². The van der Waals surface area contributed by atoms with Crippen molar-refractivity contribution in [1.82, 2.24) is 24.8 Å². The van der Waals surface area contributed by atoms with Crippen LogP contribution >= 0.6 is 0 Å². The maximum absolute atomic E-state index is 11.9. The molecular weight excluding hydrogens is 420 g/mol. The third kappa shape index (κ3) is 4.19. The van der Waals surface area contributed by atoms with Crippen LogP contribution in [0.15, 0.2) is 6.33 Å². The molecule has 1 amide bonds. The minimum Gasteiger partial charge on any atom is -0.616 e. The summed E-state index contributed by atoms with van der Waals surface area (Å²) < 4.78 is 17.4. The van der Waals surface area contributed by atoms with Crippen molar-refractivity contribution in [2.75, 3.05) is 91.8 Å². The number of nitrogens with zero attached hydrogens (tertiary/aromatic N) is 8. The summed E-state index contributed by atoms with van der Waals surface area (Å²) in [5.74, 6) is 3.45. The molecule has 5 heterocycles. The smallest absolute Gasteiger partial charge is 0.228 e. The number of hydrogen-bond acceptors (Lipinski definition) is 10. The highest BCUT2D eigenvalue weighted by Gasteiger charge is 2.28. The van der Waals surface area contributed by atoms with Gasteiger partial charge in [0, 0.05) is 39.3 Å². The lowest BCUT2D eigenvalue weighted by atomic mass is 10.3. The lowest BCUT2D eigenvalue weighted by Crippen LogP contribution is -2.46. The fraction of sp³-hybridized carbons (Fsp3) is 0.632. The first kappa shape index (κ1) is 20.5. The molecule has 0 radical (unpaired) electrons. The van der Waals surface area contributed by atoms with Crippen molar-refractivity contribution in [3.8, 4) is 0 Å². The minimum atomic E-state index is -0.780. The molecular formula is C19H26N8O3S. The Kier molecular flexibility index (Phi) is 5.92. The number of amides is 1. The Hall–Kier alpha value is -2.44. The molecule has 0 aliphatic carbocycles. The number of rotatable bonds is 4. The predicted octanol–water partition coefficient (Wildman–Crippen LogP) is -0.896. The molecule has 166 valence electrons. The molecule has 2 aromatic heterocycles. The van der Waals surface area contributed by atoms with Crippen LogP contribution in [-0.2, 0) is 20.7 Å². The second kappa shape index (κ2) is 8.97. The highest BCUT2D eigenvalue weighted by molar-refractivity contribution is 7.91. The molecule has 0 bridgehead atoms. The van der Waals surface area contributed by atoms with E-state index in [1.807, 2.05) is 0 Å². The van der Waals surface area contributed by atoms with E-state index in [-0.39, 0.29) is 0 Å². The van der Waals surface area contributed by atoms with Crippen LogP contribution in [0.3, 0.4) is 0 Å². The Bertz CT molecular complexity index is 928. The molecule has 0 atom stereocenters. The summed E-state index contributed by atoms with van der Waals surface area (Å²) in [6.07, 6.45) is 2.47. The van der Waals surface area contributed by atoms with Crippen molar-refractivity contribution in [2.45, 2.75) is 0 Å². The summed E-state index contributed by atoms with van der Waals surface area (Å²) >= 11 is -0.780. The van der Waals surface area contributed by atoms with E-state index in [1.54, 1.807) is 11.2 Å². The van der Waals surface area contributed by atoms with E-state index in [2.05, 4.69) is 24.7 Å². The number of carbonyl (C=O) groups is 1. The molecule has 0 saturated carbocycles. The maximum atomic E-state index is 11.9. The third-order valence-electron chi connectivity index (χ3n) is 5.97. The van der Waals surface area contributed by atoms with Gasteiger partial charge in [0.25, 0.3) is 0 Å². The molecule has 0 aromatic carbocycles. The van der Waals surface area contributed by atoms with Crippen LogP contribution in [0.1, 0.15) is 0 Å². The van der Waals surface area contributed by atoms with Crippen molar-refractivity contribution in [3.63, 3.8) is 0 Å². The molecule has 5 rings (SSSR count). The normalized spacial score (nSPS) is 21.1. The highest BCUT2D eigenvalue weighted by Crippen LogP contribution is 2.31. The van der Waals surface area contributed by atoms with Crippen molar-refractivity contribution in [1.29, 1.82) is 0 Å². The Morgan fingerprint density at radius 1 is 0.839 bits per heavy atom. The van der Waals surface area contributed by atoms with Crippen LogP contribution in [0.25, 0.3) is 11.0 Å². The molecule has 0 N–H and O–H groups in total. The molecule has 12 heteroatoms. The molecule has 11 nitrogen and oxygen atoms in total. The molecule has 2 aromatic rings. The first-order valence-electron chi connectivity index (χ1n) is 10.6. The Labute approximate surface area is 183 Å². The second-order valence-corrected chi connectivity index (χ2v) is 9.50. The first-order valence-corrected chi connectivity index (χ1v) is 12.1. The third-order valence-corrected chi connectivity index (χ3v) is 7.24. The van der Waals surface area contributed by atoms with Gasteiger partial charge in [-0.25, -0.2) is 15.0 Å². The number of carbonyl (C=O) groups excluding carboxylic acids is 1. The highest BCUT2D eigenvalue weighted by atomic mass is 32.2. The number of fused-ring (bicyclic) bond motifs is 1. The zero-order valence-electron chi connectivity index (χ0n) is 17.4. The number of morpholine rings is 1. The van der Waals surface area contributed by atoms with Crippen LogP contribution in [0.2, 0.25) is 0 Å². The number of hydrogen-bond donors (Lipinski definition) is 0. The van der Waals surface area contributed by atoms with Crippen LogP contribution < -0.4 is 14.7 Å². The molecule has 3 aliphatic heterocycles. The van der Waals surface area contributed by atoms with Gasteiger partial charge in [-0.3, -0.25) is 4.79 Å². The predicted molar refractivity (Wildman–Crippen MR) is 118 cm³/mol. The van der Waals surface area contributed by atoms with Gasteiger partial charge in [-0.1, -0.05) is 11.2 Å². The Morgan fingerprint density at radius 3 is 2.26 bits per heavy atom. The van der Waals surface area contributed by atoms with Crippen LogP contribution in [0, 0.1) is 0 Å². The van der Waals surface area contributed by atoms with Crippen LogP contribution in [-0.4, -0.2) is 113 Å². The largest absolute Gasteiger partial charge is 0.616 e. The summed E-state index contributed by atoms with van der Waals surface area (Å²) in [6, 6.07) is 0. The summed E-state index contributed by atoms with van der Waals surface area (Å²) in [7, 11) is 0. The van der Waals surface area contributed by atoms with E-state index in [0.29, 0.717) is 69.9 Å². The molecule has 3 aliphatic rings. The molecule has 3 fully saturated rings. The quantitative estimate of drug-likeness (QED) is 0.432. The molecule has 0 unspecified atom stereocenters. The summed E-state index contributed by atoms with van der Waals surface area (Å²) in [6.45, 7) is 6.80. The summed E-state index contributed by atoms with van der Waals surface area (Å²) in [5.41, 5.74) is 1.45. The van der Waals surface area contributed by atoms with Crippen molar-refractivity contribution in [3.05, 3.63) is 6.33 Å². The standard InChI is InChI=1S/C19H26N8O3S/c28-14-24-1-3-27(4-2-24)19-22-16-15(18(23-19)26-7-11-31(29)12-8-26)20-13-21-17(16)25-5-9-30-10-6-25/h13-14H,1-12H2. The first-order chi connectivity index (χ1) is 15.2. The van der Waals surface area contributed by atoms with Crippen molar-refractivity contribution in [2.24, 2.45) is 0 Å². The van der Waals surface area contributed by atoms with Gasteiger partial charge >= 0.3 is 0 Å². The Morgan fingerprint density at radius 2 is 1.55 bits per heavy atom. The van der Waals surface area contributed by atoms with E-state index in [9.17, 15) is 9.35 Å². The van der Waals surface area contributed by atoms with Gasteiger partial charge in [0.15, 0.2) is 11.6 Å². The Balaban J connectivity index is 1.57. The molecule has 31 heavy (non-hydrogen) atoms. The number of aromatic nitrogens is 4. The van der Waals surface area contributed by atoms with Crippen molar-refractivity contribution >= 4 is 46.2 Å². The van der Waals surface area contributed by atoms with Crippen LogP contribution in [0.5, 0.6) is 0 Å². The van der Waals surface area contributed by atoms with E-state index in [0.717, 1.165) is 42.2 Å². The van der Waals surface area contributed by atoms with E-state index in [1.165, 1.54) is 0 Å². The van der Waals surface area contributed by atoms with Gasteiger partial charge in [0.1, 0.15) is 28.9 Å². The SMILES string of the molecule is O=CN1CCN(c2nc(N3CC[S+]([O-])CC3)c3ncnc(N4CCOCC4)c3n2)CC1. The van der Waals surface area contributed by atoms with Gasteiger partial charge < -0.3 is 28.9 Å². The topological polar surface area (TPSA) is 114 Å². The maximum Gasteiger partial charge on any atom is 0.228 e. The summed E-state index contributed by atoms with van der Waals surface area (Å²) in [5, 5.41) is 0. The fourth-order valence-corrected chi connectivity index (χ4v) is 5.21. The average Bonchev–Trinajstić information content (AvgIpc) is 2.84. The van der Waals surface area contributed by atoms with Crippen molar-refractivity contribution < 1.29 is 14.1 Å². The second-order valence-electron chi connectivity index (χ2n) is 7.80. The monoisotopic (exact) mass is 446 g/mol. The average molecular weight is 447 g/mol. The lowest BCUT2D eigenvalue weighted by molar-refractivity contribution is -0.118. The van der Waals surface area contributed by atoms with Gasteiger partial charge in [-0.2, -0.15) is 4.98 Å². The van der Waals surface area contributed by atoms with Gasteiger partial charge in [0.2, 0.25) is 12.4 Å². The fourth-order valence-electron chi connectivity index (χ4n) is 4.15. The minimum absolute atomic E-state index is 0.625. The summed E-state index contributed by atoms with van der Waals surface area (Å²) in [4.78, 5) is 38.3. The number of piperazine rings is 1.